The van der Waals surface area contributed by atoms with Crippen LogP contribution in [0.3, 0.4) is 0 Å². The Kier molecular flexibility index (Phi) is 6.69. The summed E-state index contributed by atoms with van der Waals surface area (Å²) in [6, 6.07) is 11.4. The maximum atomic E-state index is 13.1. The molecule has 6 heteroatoms. The van der Waals surface area contributed by atoms with E-state index in [1.807, 2.05) is 30.3 Å². The van der Waals surface area contributed by atoms with E-state index in [0.717, 1.165) is 36.8 Å². The summed E-state index contributed by atoms with van der Waals surface area (Å²) in [5.41, 5.74) is 1.45. The van der Waals surface area contributed by atoms with Gasteiger partial charge in [-0.2, -0.15) is 0 Å². The number of nitrogens with one attached hydrogen (secondary N) is 1. The van der Waals surface area contributed by atoms with Gasteiger partial charge < -0.3 is 14.8 Å². The van der Waals surface area contributed by atoms with Crippen LogP contribution in [0.1, 0.15) is 36.8 Å². The third kappa shape index (κ3) is 4.79. The summed E-state index contributed by atoms with van der Waals surface area (Å²) in [5, 5.41) is 3.76. The molecule has 0 atom stereocenters. The number of benzene rings is 1. The Bertz CT molecular complexity index is 758. The van der Waals surface area contributed by atoms with Gasteiger partial charge in [-0.3, -0.25) is 4.79 Å². The van der Waals surface area contributed by atoms with Crippen molar-refractivity contribution in [3.8, 4) is 5.88 Å². The molecule has 1 N–H and O–H groups in total. The number of halogens is 1. The molecule has 5 nitrogen and oxygen atoms in total. The van der Waals surface area contributed by atoms with E-state index in [1.165, 1.54) is 0 Å². The minimum absolute atomic E-state index is 0.0580. The smallest absolute Gasteiger partial charge is 0.230 e. The van der Waals surface area contributed by atoms with Crippen molar-refractivity contribution in [2.24, 2.45) is 0 Å². The number of nitrogens with zero attached hydrogens (tertiary/aromatic N) is 1. The van der Waals surface area contributed by atoms with Gasteiger partial charge in [0.05, 0.1) is 12.0 Å². The molecule has 2 aromatic rings. The van der Waals surface area contributed by atoms with E-state index < -0.39 is 5.41 Å². The molecule has 3 rings (SSSR count). The number of methoxy groups -OCH3 is 1. The molecular formula is C21H25ClN2O3. The minimum Gasteiger partial charge on any atom is -0.475 e. The molecule has 0 spiro atoms. The van der Waals surface area contributed by atoms with Gasteiger partial charge >= 0.3 is 0 Å². The Morgan fingerprint density at radius 2 is 2.04 bits per heavy atom. The SMILES string of the molecule is COCCOc1ccc(CNC(=O)C2(c3cccc(Cl)c3)CCCC2)cn1. The molecule has 0 bridgehead atoms. The number of hydrogen-bond donors (Lipinski definition) is 1. The van der Waals surface area contributed by atoms with Gasteiger partial charge in [0, 0.05) is 30.9 Å². The second-order valence-corrected chi connectivity index (χ2v) is 7.26. The normalized spacial score (nSPS) is 15.5. The molecule has 0 unspecified atom stereocenters. The van der Waals surface area contributed by atoms with Crippen LogP contribution in [-0.4, -0.2) is 31.2 Å². The van der Waals surface area contributed by atoms with Crippen LogP contribution in [0.25, 0.3) is 0 Å². The molecule has 0 aliphatic heterocycles. The van der Waals surface area contributed by atoms with Gasteiger partial charge in [0.2, 0.25) is 11.8 Å². The topological polar surface area (TPSA) is 60.5 Å². The van der Waals surface area contributed by atoms with Crippen molar-refractivity contribution in [2.45, 2.75) is 37.6 Å². The highest BCUT2D eigenvalue weighted by Crippen LogP contribution is 2.42. The van der Waals surface area contributed by atoms with Crippen molar-refractivity contribution in [3.05, 3.63) is 58.7 Å². The number of pyridine rings is 1. The quantitative estimate of drug-likeness (QED) is 0.697. The van der Waals surface area contributed by atoms with Crippen molar-refractivity contribution in [2.75, 3.05) is 20.3 Å². The highest BCUT2D eigenvalue weighted by Gasteiger charge is 2.42. The van der Waals surface area contributed by atoms with Gasteiger partial charge in [0.1, 0.15) is 6.61 Å². The van der Waals surface area contributed by atoms with Gasteiger partial charge in [0.15, 0.2) is 0 Å². The molecule has 0 saturated heterocycles. The lowest BCUT2D eigenvalue weighted by Gasteiger charge is -2.28. The minimum atomic E-state index is -0.485. The van der Waals surface area contributed by atoms with Crippen LogP contribution in [0.5, 0.6) is 5.88 Å². The number of ether oxygens (including phenoxy) is 2. The molecule has 27 heavy (non-hydrogen) atoms. The summed E-state index contributed by atoms with van der Waals surface area (Å²) in [7, 11) is 1.63. The van der Waals surface area contributed by atoms with Gasteiger partial charge in [-0.05, 0) is 36.1 Å². The van der Waals surface area contributed by atoms with E-state index in [-0.39, 0.29) is 5.91 Å². The fraction of sp³-hybridized carbons (Fsp3) is 0.429. The van der Waals surface area contributed by atoms with E-state index in [4.69, 9.17) is 21.1 Å². The molecule has 0 radical (unpaired) electrons. The molecule has 1 aromatic carbocycles. The number of amides is 1. The second kappa shape index (κ2) is 9.20. The molecule has 144 valence electrons. The van der Waals surface area contributed by atoms with E-state index >= 15 is 0 Å². The van der Waals surface area contributed by atoms with Crippen LogP contribution in [0, 0.1) is 0 Å². The van der Waals surface area contributed by atoms with Crippen LogP contribution in [-0.2, 0) is 21.5 Å². The first-order valence-electron chi connectivity index (χ1n) is 9.25. The molecule has 1 aliphatic rings. The summed E-state index contributed by atoms with van der Waals surface area (Å²) >= 11 is 6.16. The van der Waals surface area contributed by atoms with Gasteiger partial charge in [-0.25, -0.2) is 4.98 Å². The van der Waals surface area contributed by atoms with Crippen molar-refractivity contribution < 1.29 is 14.3 Å². The van der Waals surface area contributed by atoms with E-state index in [0.29, 0.717) is 30.7 Å². The van der Waals surface area contributed by atoms with Crippen LogP contribution in [0.2, 0.25) is 5.02 Å². The summed E-state index contributed by atoms with van der Waals surface area (Å²) in [4.78, 5) is 17.3. The van der Waals surface area contributed by atoms with Crippen molar-refractivity contribution >= 4 is 17.5 Å². The first-order chi connectivity index (χ1) is 13.1. The maximum Gasteiger partial charge on any atom is 0.230 e. The van der Waals surface area contributed by atoms with Gasteiger partial charge in [0.25, 0.3) is 0 Å². The second-order valence-electron chi connectivity index (χ2n) is 6.83. The highest BCUT2D eigenvalue weighted by molar-refractivity contribution is 6.30. The number of hydrogen-bond acceptors (Lipinski definition) is 4. The third-order valence-corrected chi connectivity index (χ3v) is 5.29. The van der Waals surface area contributed by atoms with Gasteiger partial charge in [-0.15, -0.1) is 0 Å². The Labute approximate surface area is 165 Å². The number of aromatic nitrogens is 1. The van der Waals surface area contributed by atoms with E-state index in [9.17, 15) is 4.79 Å². The van der Waals surface area contributed by atoms with Gasteiger partial charge in [-0.1, -0.05) is 42.6 Å². The fourth-order valence-electron chi connectivity index (χ4n) is 3.59. The molecule has 1 heterocycles. The predicted molar refractivity (Wildman–Crippen MR) is 105 cm³/mol. The average Bonchev–Trinajstić information content (AvgIpc) is 3.19. The maximum absolute atomic E-state index is 13.1. The van der Waals surface area contributed by atoms with Crippen molar-refractivity contribution in [1.82, 2.24) is 10.3 Å². The summed E-state index contributed by atoms with van der Waals surface area (Å²) in [6.45, 7) is 1.42. The number of carbonyl (C=O) groups excluding carboxylic acids is 1. The standard InChI is InChI=1S/C21H25ClN2O3/c1-26-11-12-27-19-8-7-16(14-23-19)15-24-20(25)21(9-2-3-10-21)17-5-4-6-18(22)13-17/h4-8,13-14H,2-3,9-12,15H2,1H3,(H,24,25). The first-order valence-corrected chi connectivity index (χ1v) is 9.63. The van der Waals surface area contributed by atoms with Crippen LogP contribution in [0.15, 0.2) is 42.6 Å². The predicted octanol–water partition coefficient (Wildman–Crippen LogP) is 3.89. The molecule has 1 aliphatic carbocycles. The Morgan fingerprint density at radius 1 is 1.22 bits per heavy atom. The molecular weight excluding hydrogens is 364 g/mol. The zero-order valence-electron chi connectivity index (χ0n) is 15.5. The molecule has 1 fully saturated rings. The number of rotatable bonds is 8. The zero-order valence-corrected chi connectivity index (χ0v) is 16.3. The van der Waals surface area contributed by atoms with E-state index in [1.54, 1.807) is 19.4 Å². The Morgan fingerprint density at radius 3 is 2.70 bits per heavy atom. The molecule has 1 amide bonds. The fourth-order valence-corrected chi connectivity index (χ4v) is 3.78. The van der Waals surface area contributed by atoms with Crippen molar-refractivity contribution in [1.29, 1.82) is 0 Å². The lowest BCUT2D eigenvalue weighted by Crippen LogP contribution is -2.42. The Hall–Kier alpha value is -2.11. The van der Waals surface area contributed by atoms with Crippen LogP contribution in [0.4, 0.5) is 0 Å². The lowest BCUT2D eigenvalue weighted by atomic mass is 9.78. The largest absolute Gasteiger partial charge is 0.475 e. The number of carbonyl (C=O) groups is 1. The van der Waals surface area contributed by atoms with Crippen molar-refractivity contribution in [3.63, 3.8) is 0 Å². The zero-order chi connectivity index (χ0) is 19.1. The highest BCUT2D eigenvalue weighted by atomic mass is 35.5. The summed E-state index contributed by atoms with van der Waals surface area (Å²) in [5.74, 6) is 0.607. The summed E-state index contributed by atoms with van der Waals surface area (Å²) in [6.07, 6.45) is 5.53. The molecule has 1 saturated carbocycles. The van der Waals surface area contributed by atoms with E-state index in [2.05, 4.69) is 10.3 Å². The third-order valence-electron chi connectivity index (χ3n) is 5.06. The monoisotopic (exact) mass is 388 g/mol. The average molecular weight is 389 g/mol. The lowest BCUT2D eigenvalue weighted by molar-refractivity contribution is -0.126. The summed E-state index contributed by atoms with van der Waals surface area (Å²) < 4.78 is 10.4. The van der Waals surface area contributed by atoms with Crippen LogP contribution >= 0.6 is 11.6 Å². The Balaban J connectivity index is 1.63. The van der Waals surface area contributed by atoms with Crippen LogP contribution < -0.4 is 10.1 Å². The first kappa shape index (κ1) is 19.6. The molecule has 1 aromatic heterocycles.